The van der Waals surface area contributed by atoms with Crippen LogP contribution in [0.25, 0.3) is 0 Å². The minimum Gasteiger partial charge on any atom is -0.489 e. The molecule has 1 amide bonds. The van der Waals surface area contributed by atoms with Gasteiger partial charge < -0.3 is 9.47 Å². The molecule has 2 aromatic carbocycles. The van der Waals surface area contributed by atoms with E-state index in [0.29, 0.717) is 18.0 Å². The highest BCUT2D eigenvalue weighted by Crippen LogP contribution is 2.39. The number of benzene rings is 2. The van der Waals surface area contributed by atoms with Gasteiger partial charge in [-0.3, -0.25) is 9.69 Å². The normalized spacial score (nSPS) is 16.2. The zero-order valence-electron chi connectivity index (χ0n) is 13.9. The van der Waals surface area contributed by atoms with Crippen LogP contribution in [0, 0.1) is 0 Å². The molecule has 128 valence electrons. The number of esters is 1. The maximum atomic E-state index is 12.8. The number of fused-ring (bicyclic) bond motifs is 1. The van der Waals surface area contributed by atoms with E-state index in [9.17, 15) is 9.59 Å². The van der Waals surface area contributed by atoms with E-state index in [2.05, 4.69) is 0 Å². The molecule has 0 bridgehead atoms. The van der Waals surface area contributed by atoms with Gasteiger partial charge in [0, 0.05) is 6.08 Å². The van der Waals surface area contributed by atoms with Crippen molar-refractivity contribution in [1.29, 1.82) is 0 Å². The molecule has 1 aliphatic heterocycles. The Morgan fingerprint density at radius 1 is 1.16 bits per heavy atom. The lowest BCUT2D eigenvalue weighted by Gasteiger charge is -2.37. The van der Waals surface area contributed by atoms with E-state index >= 15 is 0 Å². The molecule has 0 aliphatic carbocycles. The topological polar surface area (TPSA) is 55.8 Å². The van der Waals surface area contributed by atoms with E-state index in [4.69, 9.17) is 9.47 Å². The van der Waals surface area contributed by atoms with Gasteiger partial charge >= 0.3 is 5.97 Å². The zero-order valence-corrected chi connectivity index (χ0v) is 13.9. The molecular formula is C20H19NO4. The van der Waals surface area contributed by atoms with E-state index in [1.165, 1.54) is 6.08 Å². The number of carbonyl (C=O) groups is 2. The molecule has 2 aromatic rings. The lowest BCUT2D eigenvalue weighted by atomic mass is 10.0. The number of hydrogen-bond acceptors (Lipinski definition) is 4. The van der Waals surface area contributed by atoms with E-state index in [1.807, 2.05) is 54.6 Å². The van der Waals surface area contributed by atoms with E-state index in [-0.39, 0.29) is 18.6 Å². The molecule has 25 heavy (non-hydrogen) atoms. The predicted octanol–water partition coefficient (Wildman–Crippen LogP) is 3.27. The maximum Gasteiger partial charge on any atom is 0.330 e. The number of amides is 1. The first kappa shape index (κ1) is 16.8. The number of para-hydroxylation sites is 2. The minimum absolute atomic E-state index is 0.274. The summed E-state index contributed by atoms with van der Waals surface area (Å²) in [6.45, 7) is 1.74. The third kappa shape index (κ3) is 3.71. The van der Waals surface area contributed by atoms with Crippen molar-refractivity contribution in [3.8, 4) is 5.75 Å². The van der Waals surface area contributed by atoms with Crippen LogP contribution < -0.4 is 9.64 Å². The summed E-state index contributed by atoms with van der Waals surface area (Å²) in [4.78, 5) is 26.0. The number of allylic oxidation sites excluding steroid dienone is 1. The fourth-order valence-electron chi connectivity index (χ4n) is 2.80. The second kappa shape index (κ2) is 7.66. The molecule has 5 heteroatoms. The van der Waals surface area contributed by atoms with Crippen molar-refractivity contribution in [1.82, 2.24) is 0 Å². The SMILES string of the molecule is C/C=C/C(=O)OCC(=O)N1c2ccccc2OC[C@@H]1c1ccccc1. The quantitative estimate of drug-likeness (QED) is 0.635. The highest BCUT2D eigenvalue weighted by atomic mass is 16.5. The molecule has 0 radical (unpaired) electrons. The predicted molar refractivity (Wildman–Crippen MR) is 94.4 cm³/mol. The molecule has 0 saturated carbocycles. The molecule has 0 spiro atoms. The van der Waals surface area contributed by atoms with Crippen molar-refractivity contribution in [2.45, 2.75) is 13.0 Å². The Hall–Kier alpha value is -3.08. The Labute approximate surface area is 146 Å². The van der Waals surface area contributed by atoms with Gasteiger partial charge in [-0.15, -0.1) is 0 Å². The third-order valence-corrected chi connectivity index (χ3v) is 3.93. The Balaban J connectivity index is 1.89. The molecule has 0 fully saturated rings. The van der Waals surface area contributed by atoms with Gasteiger partial charge in [-0.25, -0.2) is 4.79 Å². The molecule has 0 saturated heterocycles. The van der Waals surface area contributed by atoms with Gasteiger partial charge in [0.1, 0.15) is 12.4 Å². The molecule has 0 unspecified atom stereocenters. The fraction of sp³-hybridized carbons (Fsp3) is 0.200. The van der Waals surface area contributed by atoms with Crippen LogP contribution in [0.2, 0.25) is 0 Å². The number of anilines is 1. The van der Waals surface area contributed by atoms with E-state index < -0.39 is 5.97 Å². The van der Waals surface area contributed by atoms with Crippen LogP contribution in [-0.4, -0.2) is 25.1 Å². The smallest absolute Gasteiger partial charge is 0.330 e. The highest BCUT2D eigenvalue weighted by Gasteiger charge is 2.33. The van der Waals surface area contributed by atoms with Gasteiger partial charge in [0.2, 0.25) is 0 Å². The van der Waals surface area contributed by atoms with Crippen molar-refractivity contribution >= 4 is 17.6 Å². The summed E-state index contributed by atoms with van der Waals surface area (Å²) in [5.74, 6) is -0.182. The molecular weight excluding hydrogens is 318 g/mol. The van der Waals surface area contributed by atoms with Gasteiger partial charge in [0.15, 0.2) is 6.61 Å². The van der Waals surface area contributed by atoms with Crippen molar-refractivity contribution < 1.29 is 19.1 Å². The van der Waals surface area contributed by atoms with Gasteiger partial charge in [0.25, 0.3) is 5.91 Å². The molecule has 1 atom stereocenters. The van der Waals surface area contributed by atoms with Crippen LogP contribution in [0.3, 0.4) is 0 Å². The zero-order chi connectivity index (χ0) is 17.6. The number of hydrogen-bond donors (Lipinski definition) is 0. The summed E-state index contributed by atoms with van der Waals surface area (Å²) in [6, 6.07) is 16.8. The Bertz CT molecular complexity index is 785. The average molecular weight is 337 g/mol. The summed E-state index contributed by atoms with van der Waals surface area (Å²) < 4.78 is 10.9. The molecule has 5 nitrogen and oxygen atoms in total. The number of rotatable bonds is 4. The Morgan fingerprint density at radius 2 is 1.88 bits per heavy atom. The van der Waals surface area contributed by atoms with Crippen LogP contribution in [0.15, 0.2) is 66.7 Å². The highest BCUT2D eigenvalue weighted by molar-refractivity contribution is 5.98. The largest absolute Gasteiger partial charge is 0.489 e. The van der Waals surface area contributed by atoms with Crippen LogP contribution in [0.4, 0.5) is 5.69 Å². The van der Waals surface area contributed by atoms with Crippen LogP contribution in [0.1, 0.15) is 18.5 Å². The summed E-state index contributed by atoms with van der Waals surface area (Å²) in [7, 11) is 0. The van der Waals surface area contributed by atoms with Crippen molar-refractivity contribution in [2.24, 2.45) is 0 Å². The van der Waals surface area contributed by atoms with E-state index in [0.717, 1.165) is 5.56 Å². The number of carbonyl (C=O) groups excluding carboxylic acids is 2. The van der Waals surface area contributed by atoms with Crippen LogP contribution in [0.5, 0.6) is 5.75 Å². The van der Waals surface area contributed by atoms with Crippen molar-refractivity contribution in [3.05, 3.63) is 72.3 Å². The van der Waals surface area contributed by atoms with Crippen LogP contribution in [-0.2, 0) is 14.3 Å². The first-order valence-electron chi connectivity index (χ1n) is 8.09. The molecule has 0 N–H and O–H groups in total. The lowest BCUT2D eigenvalue weighted by molar-refractivity contribution is -0.143. The monoisotopic (exact) mass is 337 g/mol. The molecule has 1 aliphatic rings. The number of nitrogens with zero attached hydrogens (tertiary/aromatic N) is 1. The van der Waals surface area contributed by atoms with Gasteiger partial charge in [-0.1, -0.05) is 48.5 Å². The summed E-state index contributed by atoms with van der Waals surface area (Å²) in [5, 5.41) is 0. The van der Waals surface area contributed by atoms with Crippen molar-refractivity contribution in [3.63, 3.8) is 0 Å². The molecule has 1 heterocycles. The average Bonchev–Trinajstić information content (AvgIpc) is 2.66. The van der Waals surface area contributed by atoms with Gasteiger partial charge in [-0.2, -0.15) is 0 Å². The first-order valence-corrected chi connectivity index (χ1v) is 8.09. The van der Waals surface area contributed by atoms with Gasteiger partial charge in [-0.05, 0) is 24.6 Å². The second-order valence-electron chi connectivity index (χ2n) is 5.58. The summed E-state index contributed by atoms with van der Waals surface area (Å²) >= 11 is 0. The Morgan fingerprint density at radius 3 is 2.64 bits per heavy atom. The van der Waals surface area contributed by atoms with E-state index in [1.54, 1.807) is 17.9 Å². The minimum atomic E-state index is -0.534. The second-order valence-corrected chi connectivity index (χ2v) is 5.58. The summed E-state index contributed by atoms with van der Waals surface area (Å²) in [6.07, 6.45) is 2.86. The maximum absolute atomic E-state index is 12.8. The lowest BCUT2D eigenvalue weighted by Crippen LogP contribution is -2.43. The standard InChI is InChI=1S/C20H19NO4/c1-2-8-20(23)25-14-19(22)21-16-11-6-7-12-18(16)24-13-17(21)15-9-4-3-5-10-15/h2-12,17H,13-14H2,1H3/b8-2+/t17-/m1/s1. The third-order valence-electron chi connectivity index (χ3n) is 3.93. The molecule has 0 aromatic heterocycles. The fourth-order valence-corrected chi connectivity index (χ4v) is 2.80. The Kier molecular flexibility index (Phi) is 5.14. The number of ether oxygens (including phenoxy) is 2. The summed E-state index contributed by atoms with van der Waals surface area (Å²) in [5.41, 5.74) is 1.64. The molecule has 3 rings (SSSR count). The van der Waals surface area contributed by atoms with Crippen LogP contribution >= 0.6 is 0 Å². The first-order chi connectivity index (χ1) is 12.2. The van der Waals surface area contributed by atoms with Gasteiger partial charge in [0.05, 0.1) is 11.7 Å². The van der Waals surface area contributed by atoms with Crippen molar-refractivity contribution in [2.75, 3.05) is 18.1 Å².